The number of hydrogen-bond donors (Lipinski definition) is 0. The number of hydrogen-bond acceptors (Lipinski definition) is 5. The number of anilines is 1. The summed E-state index contributed by atoms with van der Waals surface area (Å²) < 4.78 is 3.32. The van der Waals surface area contributed by atoms with E-state index in [2.05, 4.69) is 60.4 Å². The third kappa shape index (κ3) is 6.53. The summed E-state index contributed by atoms with van der Waals surface area (Å²) in [7, 11) is 15.9. The Morgan fingerprint density at radius 1 is 0.727 bits per heavy atom. The molecule has 0 bridgehead atoms. The van der Waals surface area contributed by atoms with Crippen LogP contribution in [0.1, 0.15) is 53.2 Å². The van der Waals surface area contributed by atoms with E-state index in [0.29, 0.717) is 28.0 Å². The van der Waals surface area contributed by atoms with Crippen molar-refractivity contribution in [2.45, 2.75) is 33.6 Å². The molecule has 7 nitrogen and oxygen atoms in total. The summed E-state index contributed by atoms with van der Waals surface area (Å²) >= 11 is 0. The van der Waals surface area contributed by atoms with E-state index in [1.54, 1.807) is 33.8 Å². The normalized spacial score (nSPS) is 10.4. The summed E-state index contributed by atoms with van der Waals surface area (Å²) in [6, 6.07) is 24.6. The van der Waals surface area contributed by atoms with Crippen molar-refractivity contribution < 1.29 is 2.85 Å². The van der Waals surface area contributed by atoms with Gasteiger partial charge < -0.3 is 4.90 Å². The number of aromatic nitrogens is 4. The van der Waals surface area contributed by atoms with Gasteiger partial charge in [0.1, 0.15) is 27.8 Å². The van der Waals surface area contributed by atoms with E-state index in [9.17, 15) is 10.5 Å². The lowest BCUT2D eigenvalue weighted by molar-refractivity contribution is 0.867. The molecule has 9 heteroatoms. The number of fused-ring (bicyclic) bond motifs is 2. The third-order valence-electron chi connectivity index (χ3n) is 7.09. The van der Waals surface area contributed by atoms with Crippen LogP contribution in [-0.2, 0) is 0 Å². The molecule has 4 aromatic heterocycles. The first-order valence-electron chi connectivity index (χ1n) is 14.4. The topological polar surface area (TPSA) is 85.4 Å². The number of rotatable bonds is 4. The SMILES string of the molecule is CC.[2HH].[2HH].[B]c1cc(-c2ccc(C(C)C)cc2)c2c(C#N)cnn2c1.[B]c1cc(-c2ccc(N(C)C)cc2)c2c(C#N)cnn2c1. The number of pyridine rings is 2. The molecule has 0 saturated carbocycles. The number of nitriles is 2. The van der Waals surface area contributed by atoms with Crippen molar-refractivity contribution in [1.29, 1.82) is 10.5 Å². The third-order valence-corrected chi connectivity index (χ3v) is 7.09. The van der Waals surface area contributed by atoms with Gasteiger partial charge in [-0.05, 0) is 34.7 Å². The summed E-state index contributed by atoms with van der Waals surface area (Å²) in [6.45, 7) is 8.33. The van der Waals surface area contributed by atoms with E-state index in [1.165, 1.54) is 5.56 Å². The second-order valence-corrected chi connectivity index (χ2v) is 10.5. The first-order valence-corrected chi connectivity index (χ1v) is 14.4. The van der Waals surface area contributed by atoms with Gasteiger partial charge in [-0.25, -0.2) is 9.03 Å². The van der Waals surface area contributed by atoms with E-state index in [1.807, 2.05) is 69.2 Å². The molecule has 0 spiro atoms. The van der Waals surface area contributed by atoms with Gasteiger partial charge in [0.15, 0.2) is 0 Å². The van der Waals surface area contributed by atoms with Crippen molar-refractivity contribution >= 4 is 43.3 Å². The minimum Gasteiger partial charge on any atom is -0.378 e. The average molecular weight is 579 g/mol. The molecule has 0 N–H and O–H groups in total. The van der Waals surface area contributed by atoms with Crippen LogP contribution in [0.15, 0.2) is 85.5 Å². The van der Waals surface area contributed by atoms with Gasteiger partial charge >= 0.3 is 0 Å². The lowest BCUT2D eigenvalue weighted by Crippen LogP contribution is -2.09. The van der Waals surface area contributed by atoms with Crippen LogP contribution in [0.3, 0.4) is 0 Å². The van der Waals surface area contributed by atoms with Gasteiger partial charge in [0.25, 0.3) is 0 Å². The molecule has 4 radical (unpaired) electrons. The Hall–Kier alpha value is -5.27. The van der Waals surface area contributed by atoms with Crippen LogP contribution in [0, 0.1) is 22.7 Å². The molecule has 6 aromatic rings. The van der Waals surface area contributed by atoms with Gasteiger partial charge in [-0.2, -0.15) is 20.7 Å². The summed E-state index contributed by atoms with van der Waals surface area (Å²) in [5.41, 5.74) is 10.2. The molecule has 0 aliphatic rings. The van der Waals surface area contributed by atoms with Crippen molar-refractivity contribution in [3.05, 3.63) is 102 Å². The van der Waals surface area contributed by atoms with Crippen molar-refractivity contribution in [3.8, 4) is 34.4 Å². The predicted octanol–water partition coefficient (Wildman–Crippen LogP) is 6.04. The molecule has 0 unspecified atom stereocenters. The van der Waals surface area contributed by atoms with Crippen LogP contribution in [0.4, 0.5) is 5.69 Å². The standard InChI is InChI=1S/C17H14BN3.C16H13BN4.C2H6.2H2/c1-11(2)12-3-5-13(6-4-12)16-7-15(18)10-21-17(16)14(8-19)9-20-21;1-20(2)14-5-3-11(4-6-14)15-7-13(17)10-21-16(15)12(8-18)9-19-21;1-2;;/h3-7,9-11H,1-2H3;3-7,9-10H,1-2H3;1-2H3;2*1H/i;;;2*1+1. The minimum atomic E-state index is 0. The molecule has 0 amide bonds. The maximum Gasteiger partial charge on any atom is 0.115 e. The molecule has 44 heavy (non-hydrogen) atoms. The molecule has 0 saturated heterocycles. The van der Waals surface area contributed by atoms with Crippen LogP contribution in [0.25, 0.3) is 33.3 Å². The first-order chi connectivity index (χ1) is 21.2. The van der Waals surface area contributed by atoms with Gasteiger partial charge in [-0.3, -0.25) is 0 Å². The quantitative estimate of drug-likeness (QED) is 0.238. The van der Waals surface area contributed by atoms with E-state index < -0.39 is 0 Å². The Labute approximate surface area is 264 Å². The molecule has 0 aliphatic heterocycles. The van der Waals surface area contributed by atoms with E-state index in [-0.39, 0.29) is 2.85 Å². The Morgan fingerprint density at radius 3 is 1.50 bits per heavy atom. The second-order valence-electron chi connectivity index (χ2n) is 10.5. The maximum absolute atomic E-state index is 9.25. The zero-order valence-corrected chi connectivity index (χ0v) is 25.9. The maximum atomic E-state index is 9.25. The molecular weight excluding hydrogens is 540 g/mol. The van der Waals surface area contributed by atoms with Crippen LogP contribution in [0.5, 0.6) is 0 Å². The van der Waals surface area contributed by atoms with Gasteiger partial charge in [0, 0.05) is 46.2 Å². The first kappa shape index (κ1) is 31.7. The highest BCUT2D eigenvalue weighted by Gasteiger charge is 2.13. The zero-order valence-electron chi connectivity index (χ0n) is 25.9. The van der Waals surface area contributed by atoms with Crippen molar-refractivity contribution in [3.63, 3.8) is 0 Å². The summed E-state index contributed by atoms with van der Waals surface area (Å²) in [5.74, 6) is 0.490. The number of nitrogens with zero attached hydrogens (tertiary/aromatic N) is 7. The van der Waals surface area contributed by atoms with E-state index in [0.717, 1.165) is 39.0 Å². The number of benzene rings is 2. The lowest BCUT2D eigenvalue weighted by Gasteiger charge is -2.13. The summed E-state index contributed by atoms with van der Waals surface area (Å²) in [4.78, 5) is 2.04. The van der Waals surface area contributed by atoms with Crippen LogP contribution < -0.4 is 15.8 Å². The predicted molar refractivity (Wildman–Crippen MR) is 185 cm³/mol. The molecule has 218 valence electrons. The highest BCUT2D eigenvalue weighted by Crippen LogP contribution is 2.29. The van der Waals surface area contributed by atoms with Crippen LogP contribution >= 0.6 is 0 Å². The van der Waals surface area contributed by atoms with Crippen molar-refractivity contribution in [2.24, 2.45) is 0 Å². The monoisotopic (exact) mass is 579 g/mol. The van der Waals surface area contributed by atoms with E-state index >= 15 is 0 Å². The Kier molecular flexibility index (Phi) is 9.93. The molecule has 0 aliphatic carbocycles. The van der Waals surface area contributed by atoms with Crippen molar-refractivity contribution in [2.75, 3.05) is 19.0 Å². The van der Waals surface area contributed by atoms with E-state index in [4.69, 9.17) is 15.7 Å². The lowest BCUT2D eigenvalue weighted by atomic mass is 9.92. The van der Waals surface area contributed by atoms with Gasteiger partial charge in [-0.1, -0.05) is 87.2 Å². The fourth-order valence-electron chi connectivity index (χ4n) is 4.87. The van der Waals surface area contributed by atoms with Gasteiger partial charge in [0.05, 0.1) is 34.6 Å². The fourth-order valence-corrected chi connectivity index (χ4v) is 4.87. The van der Waals surface area contributed by atoms with Crippen LogP contribution in [-0.4, -0.2) is 49.0 Å². The molecule has 4 heterocycles. The Balaban J connectivity index is 0.000000292. The zero-order chi connectivity index (χ0) is 32.0. The summed E-state index contributed by atoms with van der Waals surface area (Å²) in [5, 5.41) is 26.9. The van der Waals surface area contributed by atoms with Gasteiger partial charge in [0.2, 0.25) is 0 Å². The molecule has 0 atom stereocenters. The fraction of sp³-hybridized carbons (Fsp3) is 0.200. The Morgan fingerprint density at radius 2 is 1.14 bits per heavy atom. The highest BCUT2D eigenvalue weighted by atomic mass is 15.2. The van der Waals surface area contributed by atoms with Gasteiger partial charge in [-0.15, -0.1) is 0 Å². The molecular formula is C35H37B2N7. The Bertz CT molecular complexity index is 1840. The van der Waals surface area contributed by atoms with Crippen LogP contribution in [0.2, 0.25) is 0 Å². The molecule has 6 rings (SSSR count). The molecule has 2 aromatic carbocycles. The summed E-state index contributed by atoms with van der Waals surface area (Å²) in [6.07, 6.45) is 6.57. The molecule has 0 fully saturated rings. The average Bonchev–Trinajstić information content (AvgIpc) is 3.65. The largest absolute Gasteiger partial charge is 0.378 e. The second kappa shape index (κ2) is 13.8. The highest BCUT2D eigenvalue weighted by molar-refractivity contribution is 6.33. The minimum absolute atomic E-state index is 0. The smallest absolute Gasteiger partial charge is 0.115 e. The van der Waals surface area contributed by atoms with Crippen molar-refractivity contribution in [1.82, 2.24) is 19.2 Å².